The van der Waals surface area contributed by atoms with Crippen molar-refractivity contribution in [2.75, 3.05) is 13.7 Å². The van der Waals surface area contributed by atoms with Crippen molar-refractivity contribution in [3.63, 3.8) is 0 Å². The number of fused-ring (bicyclic) bond motifs is 1. The quantitative estimate of drug-likeness (QED) is 0.527. The van der Waals surface area contributed by atoms with Gasteiger partial charge in [0.05, 0.1) is 12.0 Å². The number of hydrogen-bond acceptors (Lipinski definition) is 4. The van der Waals surface area contributed by atoms with Crippen molar-refractivity contribution in [3.05, 3.63) is 70.3 Å². The van der Waals surface area contributed by atoms with Gasteiger partial charge in [0.1, 0.15) is 5.75 Å². The van der Waals surface area contributed by atoms with Gasteiger partial charge in [0.25, 0.3) is 5.69 Å². The maximum Gasteiger partial charge on any atom is 0.270 e. The molecule has 27 heavy (non-hydrogen) atoms. The molecule has 0 atom stereocenters. The number of carbonyl (C=O) groups is 1. The number of carbonyl (C=O) groups excluding carboxylic acids is 1. The zero-order valence-electron chi connectivity index (χ0n) is 15.2. The molecule has 0 unspecified atom stereocenters. The van der Waals surface area contributed by atoms with E-state index >= 15 is 0 Å². The largest absolute Gasteiger partial charge is 0.497 e. The van der Waals surface area contributed by atoms with Crippen LogP contribution in [0.4, 0.5) is 5.69 Å². The number of methoxy groups -OCH3 is 1. The molecular formula is C21H20N2O4. The molecule has 0 aliphatic carbocycles. The molecule has 1 amide bonds. The number of hydrogen-bond donors (Lipinski definition) is 1. The Bertz CT molecular complexity index is 1010. The van der Waals surface area contributed by atoms with E-state index in [1.54, 1.807) is 19.2 Å². The van der Waals surface area contributed by atoms with Crippen LogP contribution in [0, 0.1) is 10.1 Å². The molecule has 0 heterocycles. The number of ether oxygens (including phenoxy) is 1. The van der Waals surface area contributed by atoms with Crippen LogP contribution in [0.25, 0.3) is 21.9 Å². The second kappa shape index (κ2) is 7.86. The number of rotatable bonds is 6. The first-order valence-corrected chi connectivity index (χ1v) is 8.58. The minimum absolute atomic E-state index is 0.0575. The Kier molecular flexibility index (Phi) is 5.35. The summed E-state index contributed by atoms with van der Waals surface area (Å²) in [6, 6.07) is 16.4. The second-order valence-electron chi connectivity index (χ2n) is 6.26. The molecule has 138 valence electrons. The highest BCUT2D eigenvalue weighted by molar-refractivity contribution is 5.91. The molecule has 0 aliphatic rings. The van der Waals surface area contributed by atoms with Crippen molar-refractivity contribution in [3.8, 4) is 16.9 Å². The average molecular weight is 364 g/mol. The van der Waals surface area contributed by atoms with E-state index in [2.05, 4.69) is 5.32 Å². The molecule has 0 aliphatic heterocycles. The number of nitro benzene ring substituents is 1. The Morgan fingerprint density at radius 3 is 2.63 bits per heavy atom. The molecule has 6 heteroatoms. The van der Waals surface area contributed by atoms with Crippen molar-refractivity contribution < 1.29 is 14.5 Å². The van der Waals surface area contributed by atoms with Gasteiger partial charge >= 0.3 is 0 Å². The summed E-state index contributed by atoms with van der Waals surface area (Å²) < 4.78 is 5.33. The summed E-state index contributed by atoms with van der Waals surface area (Å²) in [5, 5.41) is 15.9. The summed E-state index contributed by atoms with van der Waals surface area (Å²) in [6.07, 6.45) is 0.645. The fourth-order valence-electron chi connectivity index (χ4n) is 3.09. The van der Waals surface area contributed by atoms with E-state index < -0.39 is 4.92 Å². The summed E-state index contributed by atoms with van der Waals surface area (Å²) in [5.74, 6) is 0.679. The minimum Gasteiger partial charge on any atom is -0.497 e. The van der Waals surface area contributed by atoms with Crippen molar-refractivity contribution in [2.45, 2.75) is 13.3 Å². The Morgan fingerprint density at radius 2 is 1.93 bits per heavy atom. The van der Waals surface area contributed by atoms with Gasteiger partial charge in [-0.3, -0.25) is 14.9 Å². The van der Waals surface area contributed by atoms with Gasteiger partial charge in [-0.15, -0.1) is 0 Å². The molecule has 0 spiro atoms. The molecule has 0 saturated heterocycles. The monoisotopic (exact) mass is 364 g/mol. The van der Waals surface area contributed by atoms with E-state index in [0.29, 0.717) is 13.0 Å². The molecule has 0 bridgehead atoms. The Morgan fingerprint density at radius 1 is 1.11 bits per heavy atom. The SMILES string of the molecule is COc1ccc2cc(-c3cccc([N+](=O)[O-])c3)cc(CCNC(C)=O)c2c1. The number of nitro groups is 1. The Labute approximate surface area is 156 Å². The van der Waals surface area contributed by atoms with Crippen LogP contribution >= 0.6 is 0 Å². The molecule has 3 aromatic carbocycles. The minimum atomic E-state index is -0.396. The molecule has 3 aromatic rings. The van der Waals surface area contributed by atoms with E-state index in [1.807, 2.05) is 36.4 Å². The first kappa shape index (κ1) is 18.4. The van der Waals surface area contributed by atoms with Crippen molar-refractivity contribution in [1.29, 1.82) is 0 Å². The molecule has 0 fully saturated rings. The van der Waals surface area contributed by atoms with Gasteiger partial charge in [0.2, 0.25) is 5.91 Å². The first-order valence-electron chi connectivity index (χ1n) is 8.58. The molecule has 0 saturated carbocycles. The van der Waals surface area contributed by atoms with Gasteiger partial charge < -0.3 is 10.1 Å². The van der Waals surface area contributed by atoms with Crippen LogP contribution in [0.15, 0.2) is 54.6 Å². The zero-order chi connectivity index (χ0) is 19.4. The molecule has 0 radical (unpaired) electrons. The Hall–Kier alpha value is -3.41. The maximum atomic E-state index is 11.2. The number of nitrogens with zero attached hydrogens (tertiary/aromatic N) is 1. The first-order chi connectivity index (χ1) is 13.0. The standard InChI is InChI=1S/C21H20N2O4/c1-14(24)22-9-8-17-11-18(15-4-3-5-19(12-15)23(25)26)10-16-6-7-20(27-2)13-21(16)17/h3-7,10-13H,8-9H2,1-2H3,(H,22,24). The molecular weight excluding hydrogens is 344 g/mol. The van der Waals surface area contributed by atoms with E-state index in [0.717, 1.165) is 33.2 Å². The van der Waals surface area contributed by atoms with Gasteiger partial charge in [-0.05, 0) is 52.1 Å². The predicted octanol–water partition coefficient (Wildman–Crippen LogP) is 4.10. The third kappa shape index (κ3) is 4.23. The lowest BCUT2D eigenvalue weighted by Crippen LogP contribution is -2.22. The lowest BCUT2D eigenvalue weighted by atomic mass is 9.95. The smallest absolute Gasteiger partial charge is 0.270 e. The number of non-ortho nitro benzene ring substituents is 1. The summed E-state index contributed by atoms with van der Waals surface area (Å²) in [4.78, 5) is 21.9. The van der Waals surface area contributed by atoms with Gasteiger partial charge in [0.15, 0.2) is 0 Å². The number of nitrogens with one attached hydrogen (secondary N) is 1. The highest BCUT2D eigenvalue weighted by atomic mass is 16.6. The van der Waals surface area contributed by atoms with Crippen LogP contribution in [0.1, 0.15) is 12.5 Å². The third-order valence-corrected chi connectivity index (χ3v) is 4.41. The van der Waals surface area contributed by atoms with Crippen LogP contribution in [0.2, 0.25) is 0 Å². The van der Waals surface area contributed by atoms with Crippen molar-refractivity contribution >= 4 is 22.4 Å². The van der Waals surface area contributed by atoms with Gasteiger partial charge in [0, 0.05) is 25.6 Å². The van der Waals surface area contributed by atoms with E-state index in [-0.39, 0.29) is 11.6 Å². The molecule has 0 aromatic heterocycles. The van der Waals surface area contributed by atoms with Crippen LogP contribution in [-0.4, -0.2) is 24.5 Å². The third-order valence-electron chi connectivity index (χ3n) is 4.41. The number of benzene rings is 3. The number of amides is 1. The maximum absolute atomic E-state index is 11.2. The highest BCUT2D eigenvalue weighted by Gasteiger charge is 2.11. The topological polar surface area (TPSA) is 81.5 Å². The fraction of sp³-hybridized carbons (Fsp3) is 0.190. The van der Waals surface area contributed by atoms with E-state index in [9.17, 15) is 14.9 Å². The highest BCUT2D eigenvalue weighted by Crippen LogP contribution is 2.32. The van der Waals surface area contributed by atoms with Gasteiger partial charge in [-0.25, -0.2) is 0 Å². The van der Waals surface area contributed by atoms with Gasteiger partial charge in [-0.1, -0.05) is 24.3 Å². The average Bonchev–Trinajstić information content (AvgIpc) is 2.67. The fourth-order valence-corrected chi connectivity index (χ4v) is 3.09. The summed E-state index contributed by atoms with van der Waals surface area (Å²) in [6.45, 7) is 2.00. The van der Waals surface area contributed by atoms with Crippen LogP contribution in [-0.2, 0) is 11.2 Å². The van der Waals surface area contributed by atoms with E-state index in [4.69, 9.17) is 4.74 Å². The summed E-state index contributed by atoms with van der Waals surface area (Å²) in [7, 11) is 1.62. The van der Waals surface area contributed by atoms with Crippen LogP contribution in [0.5, 0.6) is 5.75 Å². The lowest BCUT2D eigenvalue weighted by molar-refractivity contribution is -0.384. The van der Waals surface area contributed by atoms with Crippen LogP contribution < -0.4 is 10.1 Å². The molecule has 1 N–H and O–H groups in total. The van der Waals surface area contributed by atoms with Crippen LogP contribution in [0.3, 0.4) is 0 Å². The van der Waals surface area contributed by atoms with E-state index in [1.165, 1.54) is 13.0 Å². The zero-order valence-corrected chi connectivity index (χ0v) is 15.2. The second-order valence-corrected chi connectivity index (χ2v) is 6.26. The predicted molar refractivity (Wildman–Crippen MR) is 105 cm³/mol. The van der Waals surface area contributed by atoms with Gasteiger partial charge in [-0.2, -0.15) is 0 Å². The molecule has 6 nitrogen and oxygen atoms in total. The lowest BCUT2D eigenvalue weighted by Gasteiger charge is -2.12. The summed E-state index contributed by atoms with van der Waals surface area (Å²) in [5.41, 5.74) is 2.78. The van der Waals surface area contributed by atoms with Crippen molar-refractivity contribution in [1.82, 2.24) is 5.32 Å². The Balaban J connectivity index is 2.09. The van der Waals surface area contributed by atoms with Crippen molar-refractivity contribution in [2.24, 2.45) is 0 Å². The molecule has 3 rings (SSSR count). The normalized spacial score (nSPS) is 10.6. The summed E-state index contributed by atoms with van der Waals surface area (Å²) >= 11 is 0.